The lowest BCUT2D eigenvalue weighted by Gasteiger charge is -2.26. The van der Waals surface area contributed by atoms with Crippen molar-refractivity contribution in [3.63, 3.8) is 0 Å². The van der Waals surface area contributed by atoms with E-state index in [2.05, 4.69) is 20.9 Å². The Bertz CT molecular complexity index is 574. The van der Waals surface area contributed by atoms with E-state index in [4.69, 9.17) is 0 Å². The Balaban J connectivity index is 0.00000320. The van der Waals surface area contributed by atoms with Gasteiger partial charge < -0.3 is 20.9 Å². The summed E-state index contributed by atoms with van der Waals surface area (Å²) in [4.78, 5) is 31.5. The fraction of sp³-hybridized carbons (Fsp3) is 0.864. The molecule has 3 rings (SSSR count). The van der Waals surface area contributed by atoms with Gasteiger partial charge in [0.25, 0.3) is 0 Å². The Labute approximate surface area is 198 Å². The van der Waals surface area contributed by atoms with Crippen LogP contribution in [0.25, 0.3) is 0 Å². The van der Waals surface area contributed by atoms with Crippen LogP contribution in [0.5, 0.6) is 0 Å². The molecule has 1 atom stereocenters. The summed E-state index contributed by atoms with van der Waals surface area (Å²) in [5.74, 6) is 1.43. The van der Waals surface area contributed by atoms with Gasteiger partial charge in [0.1, 0.15) is 0 Å². The molecule has 3 N–H and O–H groups in total. The summed E-state index contributed by atoms with van der Waals surface area (Å²) >= 11 is 0. The Morgan fingerprint density at radius 2 is 1.63 bits per heavy atom. The lowest BCUT2D eigenvalue weighted by Crippen LogP contribution is -2.45. The first-order valence-corrected chi connectivity index (χ1v) is 11.8. The zero-order chi connectivity index (χ0) is 20.5. The summed E-state index contributed by atoms with van der Waals surface area (Å²) in [5.41, 5.74) is 0. The summed E-state index contributed by atoms with van der Waals surface area (Å²) in [6, 6.07) is 0.594. The van der Waals surface area contributed by atoms with Crippen molar-refractivity contribution in [3.8, 4) is 0 Å². The molecule has 0 aromatic rings. The van der Waals surface area contributed by atoms with Gasteiger partial charge >= 0.3 is 0 Å². The Morgan fingerprint density at radius 1 is 0.933 bits per heavy atom. The molecule has 1 saturated heterocycles. The van der Waals surface area contributed by atoms with Crippen molar-refractivity contribution in [1.29, 1.82) is 0 Å². The van der Waals surface area contributed by atoms with Crippen LogP contribution in [0, 0.1) is 5.92 Å². The molecule has 2 aliphatic carbocycles. The summed E-state index contributed by atoms with van der Waals surface area (Å²) in [6.07, 6.45) is 11.8. The number of guanidine groups is 1. The molecule has 3 aliphatic rings. The van der Waals surface area contributed by atoms with E-state index in [1.54, 1.807) is 0 Å². The largest absolute Gasteiger partial charge is 0.357 e. The number of halogens is 1. The second-order valence-corrected chi connectivity index (χ2v) is 8.81. The molecular weight excluding hydrogens is 493 g/mol. The molecule has 8 heteroatoms. The molecule has 0 aromatic carbocycles. The summed E-state index contributed by atoms with van der Waals surface area (Å²) in [6.45, 7) is 4.87. The molecule has 2 saturated carbocycles. The second kappa shape index (κ2) is 13.4. The fourth-order valence-electron chi connectivity index (χ4n) is 4.84. The molecule has 0 bridgehead atoms. The van der Waals surface area contributed by atoms with E-state index in [-0.39, 0.29) is 41.8 Å². The second-order valence-electron chi connectivity index (χ2n) is 8.81. The van der Waals surface area contributed by atoms with Crippen molar-refractivity contribution in [3.05, 3.63) is 0 Å². The normalized spacial score (nSPS) is 23.2. The number of nitrogens with one attached hydrogen (secondary N) is 3. The van der Waals surface area contributed by atoms with Crippen molar-refractivity contribution in [1.82, 2.24) is 20.9 Å². The lowest BCUT2D eigenvalue weighted by atomic mass is 9.88. The molecule has 2 amide bonds. The van der Waals surface area contributed by atoms with E-state index < -0.39 is 0 Å². The van der Waals surface area contributed by atoms with Crippen LogP contribution < -0.4 is 16.0 Å². The van der Waals surface area contributed by atoms with Crippen LogP contribution in [0.4, 0.5) is 0 Å². The number of carbonyl (C=O) groups is 2. The zero-order valence-corrected chi connectivity index (χ0v) is 20.8. The highest BCUT2D eigenvalue weighted by molar-refractivity contribution is 14.0. The van der Waals surface area contributed by atoms with Gasteiger partial charge in [-0.25, -0.2) is 0 Å². The Kier molecular flexibility index (Phi) is 11.2. The van der Waals surface area contributed by atoms with Crippen LogP contribution in [0.2, 0.25) is 0 Å². The SMILES string of the molecule is CCNC(=NCCC(=O)NC1CCCC1)NC1CCN(C(=O)C2CCCCC2)C1.I. The summed E-state index contributed by atoms with van der Waals surface area (Å²) in [5, 5.41) is 9.85. The number of likely N-dealkylation sites (tertiary alicyclic amines) is 1. The molecule has 3 fully saturated rings. The summed E-state index contributed by atoms with van der Waals surface area (Å²) in [7, 11) is 0. The first-order chi connectivity index (χ1) is 14.2. The standard InChI is InChI=1S/C22H39N5O2.HI/c1-2-23-22(24-14-12-20(28)25-18-10-6-7-11-18)26-19-13-15-27(16-19)21(29)17-8-4-3-5-9-17;/h17-19H,2-16H2,1H3,(H,25,28)(H2,23,24,26);1H. The van der Waals surface area contributed by atoms with E-state index in [0.717, 1.165) is 57.7 Å². The minimum Gasteiger partial charge on any atom is -0.357 e. The number of nitrogens with zero attached hydrogens (tertiary/aromatic N) is 2. The zero-order valence-electron chi connectivity index (χ0n) is 18.5. The maximum atomic E-state index is 12.8. The van der Waals surface area contributed by atoms with Gasteiger partial charge in [-0.3, -0.25) is 14.6 Å². The average Bonchev–Trinajstić information content (AvgIpc) is 3.40. The van der Waals surface area contributed by atoms with E-state index in [1.165, 1.54) is 32.1 Å². The molecule has 0 spiro atoms. The molecular formula is C22H40IN5O2. The molecule has 172 valence electrons. The van der Waals surface area contributed by atoms with Gasteiger partial charge in [0.15, 0.2) is 5.96 Å². The van der Waals surface area contributed by atoms with E-state index in [1.807, 2.05) is 11.8 Å². The van der Waals surface area contributed by atoms with Crippen molar-refractivity contribution >= 4 is 41.8 Å². The molecule has 1 aliphatic heterocycles. The minimum absolute atomic E-state index is 0. The molecule has 1 unspecified atom stereocenters. The Morgan fingerprint density at radius 3 is 2.33 bits per heavy atom. The number of rotatable bonds is 7. The van der Waals surface area contributed by atoms with E-state index in [0.29, 0.717) is 24.9 Å². The van der Waals surface area contributed by atoms with Crippen LogP contribution in [0.3, 0.4) is 0 Å². The molecule has 0 radical (unpaired) electrons. The topological polar surface area (TPSA) is 85.8 Å². The molecule has 30 heavy (non-hydrogen) atoms. The monoisotopic (exact) mass is 533 g/mol. The van der Waals surface area contributed by atoms with E-state index in [9.17, 15) is 9.59 Å². The fourth-order valence-corrected chi connectivity index (χ4v) is 4.84. The predicted octanol–water partition coefficient (Wildman–Crippen LogP) is 2.79. The Hall–Kier alpha value is -1.06. The van der Waals surface area contributed by atoms with Crippen LogP contribution in [0.15, 0.2) is 4.99 Å². The van der Waals surface area contributed by atoms with Gasteiger partial charge in [0.05, 0.1) is 6.54 Å². The van der Waals surface area contributed by atoms with Crippen molar-refractivity contribution in [2.45, 2.75) is 89.6 Å². The summed E-state index contributed by atoms with van der Waals surface area (Å²) < 4.78 is 0. The highest BCUT2D eigenvalue weighted by Gasteiger charge is 2.31. The highest BCUT2D eigenvalue weighted by Crippen LogP contribution is 2.26. The van der Waals surface area contributed by atoms with Crippen molar-refractivity contribution in [2.75, 3.05) is 26.2 Å². The van der Waals surface area contributed by atoms with E-state index >= 15 is 0 Å². The third kappa shape index (κ3) is 7.89. The smallest absolute Gasteiger partial charge is 0.225 e. The van der Waals surface area contributed by atoms with Crippen LogP contribution in [-0.2, 0) is 9.59 Å². The number of amides is 2. The van der Waals surface area contributed by atoms with Gasteiger partial charge in [-0.1, -0.05) is 32.1 Å². The van der Waals surface area contributed by atoms with Crippen molar-refractivity contribution < 1.29 is 9.59 Å². The minimum atomic E-state index is 0. The van der Waals surface area contributed by atoms with Crippen molar-refractivity contribution in [2.24, 2.45) is 10.9 Å². The average molecular weight is 533 g/mol. The molecule has 1 heterocycles. The van der Waals surface area contributed by atoms with Crippen LogP contribution >= 0.6 is 24.0 Å². The predicted molar refractivity (Wildman–Crippen MR) is 131 cm³/mol. The molecule has 0 aromatic heterocycles. The quantitative estimate of drug-likeness (QED) is 0.267. The maximum absolute atomic E-state index is 12.8. The third-order valence-electron chi connectivity index (χ3n) is 6.47. The number of aliphatic imine (C=N–C) groups is 1. The van der Waals surface area contributed by atoms with Gasteiger partial charge in [0.2, 0.25) is 11.8 Å². The first-order valence-electron chi connectivity index (χ1n) is 11.8. The third-order valence-corrected chi connectivity index (χ3v) is 6.47. The van der Waals surface area contributed by atoms with Gasteiger partial charge in [-0.05, 0) is 39.0 Å². The number of hydrogen-bond acceptors (Lipinski definition) is 3. The molecule has 7 nitrogen and oxygen atoms in total. The van der Waals surface area contributed by atoms with Gasteiger partial charge in [0, 0.05) is 44.1 Å². The lowest BCUT2D eigenvalue weighted by molar-refractivity contribution is -0.135. The number of carbonyl (C=O) groups excluding carboxylic acids is 2. The van der Waals surface area contributed by atoms with Crippen LogP contribution in [-0.4, -0.2) is 60.9 Å². The number of hydrogen-bond donors (Lipinski definition) is 3. The maximum Gasteiger partial charge on any atom is 0.225 e. The van der Waals surface area contributed by atoms with Gasteiger partial charge in [-0.2, -0.15) is 0 Å². The first kappa shape index (κ1) is 25.2. The highest BCUT2D eigenvalue weighted by atomic mass is 127. The van der Waals surface area contributed by atoms with Gasteiger partial charge in [-0.15, -0.1) is 24.0 Å². The van der Waals surface area contributed by atoms with Crippen LogP contribution in [0.1, 0.15) is 77.6 Å².